The van der Waals surface area contributed by atoms with Crippen LogP contribution in [0, 0.1) is 5.82 Å². The monoisotopic (exact) mass is 346 g/mol. The maximum absolute atomic E-state index is 13.7. The van der Waals surface area contributed by atoms with Crippen molar-refractivity contribution < 1.29 is 18.7 Å². The van der Waals surface area contributed by atoms with E-state index in [9.17, 15) is 9.18 Å². The van der Waals surface area contributed by atoms with E-state index in [1.807, 2.05) is 0 Å². The van der Waals surface area contributed by atoms with Gasteiger partial charge in [-0.3, -0.25) is 0 Å². The molecule has 1 atom stereocenters. The molecule has 1 fully saturated rings. The van der Waals surface area contributed by atoms with E-state index < -0.39 is 5.82 Å². The average molecular weight is 346 g/mol. The Labute approximate surface area is 144 Å². The van der Waals surface area contributed by atoms with Gasteiger partial charge >= 0.3 is 12.0 Å². The van der Waals surface area contributed by atoms with E-state index in [-0.39, 0.29) is 23.8 Å². The molecule has 0 radical (unpaired) electrons. The molecule has 0 spiro atoms. The number of likely N-dealkylation sites (tertiary alicyclic amines) is 1. The van der Waals surface area contributed by atoms with Crippen LogP contribution in [-0.2, 0) is 0 Å². The highest BCUT2D eigenvalue weighted by molar-refractivity contribution is 5.89. The number of urea groups is 1. The Morgan fingerprint density at radius 3 is 3.00 bits per heavy atom. The molecule has 3 rings (SSSR count). The molecular weight excluding hydrogens is 327 g/mol. The second-order valence-corrected chi connectivity index (χ2v) is 5.62. The zero-order chi connectivity index (χ0) is 17.6. The smallest absolute Gasteiger partial charge is 0.322 e. The number of hydrogen-bond acceptors (Lipinski definition) is 5. The number of anilines is 1. The number of nitrogens with one attached hydrogen (secondary N) is 1. The lowest BCUT2D eigenvalue weighted by Gasteiger charge is -2.32. The second kappa shape index (κ2) is 7.78. The topological polar surface area (TPSA) is 76.6 Å². The molecule has 1 N–H and O–H groups in total. The average Bonchev–Trinajstić information content (AvgIpc) is 2.64. The van der Waals surface area contributed by atoms with E-state index in [0.29, 0.717) is 19.0 Å². The van der Waals surface area contributed by atoms with Crippen LogP contribution in [0.15, 0.2) is 36.5 Å². The van der Waals surface area contributed by atoms with Gasteiger partial charge in [-0.25, -0.2) is 14.2 Å². The van der Waals surface area contributed by atoms with E-state index in [1.54, 1.807) is 29.3 Å². The third-order valence-electron chi connectivity index (χ3n) is 3.86. The van der Waals surface area contributed by atoms with Crippen molar-refractivity contribution in [3.63, 3.8) is 0 Å². The van der Waals surface area contributed by atoms with Gasteiger partial charge in [-0.05, 0) is 25.0 Å². The zero-order valence-corrected chi connectivity index (χ0v) is 13.8. The van der Waals surface area contributed by atoms with Crippen LogP contribution in [0.1, 0.15) is 12.8 Å². The lowest BCUT2D eigenvalue weighted by atomic mass is 10.1. The number of piperidine rings is 1. The van der Waals surface area contributed by atoms with Crippen LogP contribution in [0.3, 0.4) is 0 Å². The van der Waals surface area contributed by atoms with Crippen LogP contribution in [0.5, 0.6) is 11.9 Å². The first-order valence-electron chi connectivity index (χ1n) is 8.00. The summed E-state index contributed by atoms with van der Waals surface area (Å²) in [6.45, 7) is 0.986. The minimum Gasteiger partial charge on any atom is -0.472 e. The van der Waals surface area contributed by atoms with Crippen molar-refractivity contribution in [2.75, 3.05) is 25.5 Å². The van der Waals surface area contributed by atoms with Crippen molar-refractivity contribution in [1.29, 1.82) is 0 Å². The fourth-order valence-corrected chi connectivity index (χ4v) is 2.64. The number of halogens is 1. The van der Waals surface area contributed by atoms with Crippen molar-refractivity contribution in [2.45, 2.75) is 18.9 Å². The van der Waals surface area contributed by atoms with Gasteiger partial charge in [-0.1, -0.05) is 12.1 Å². The van der Waals surface area contributed by atoms with E-state index >= 15 is 0 Å². The van der Waals surface area contributed by atoms with E-state index in [2.05, 4.69) is 15.3 Å². The van der Waals surface area contributed by atoms with Gasteiger partial charge in [-0.15, -0.1) is 0 Å². The fraction of sp³-hybridized carbons (Fsp3) is 0.353. The van der Waals surface area contributed by atoms with Gasteiger partial charge in [-0.2, -0.15) is 4.98 Å². The van der Waals surface area contributed by atoms with Crippen LogP contribution >= 0.6 is 0 Å². The molecule has 7 nitrogen and oxygen atoms in total. The molecule has 2 aromatic rings. The maximum atomic E-state index is 13.7. The molecule has 1 aromatic carbocycles. The summed E-state index contributed by atoms with van der Waals surface area (Å²) in [6, 6.07) is 7.59. The van der Waals surface area contributed by atoms with Gasteiger partial charge in [0.1, 0.15) is 11.9 Å². The molecule has 0 aliphatic carbocycles. The molecule has 1 aromatic heterocycles. The number of amides is 2. The lowest BCUT2D eigenvalue weighted by Crippen LogP contribution is -2.46. The fourth-order valence-electron chi connectivity index (χ4n) is 2.64. The number of ether oxygens (including phenoxy) is 2. The Kier molecular flexibility index (Phi) is 5.27. The Morgan fingerprint density at radius 1 is 1.36 bits per heavy atom. The SMILES string of the molecule is COc1nccc(OC2CCCN(C(=O)Nc3ccccc3F)C2)n1. The molecule has 25 heavy (non-hydrogen) atoms. The number of carbonyl (C=O) groups is 1. The van der Waals surface area contributed by atoms with E-state index in [0.717, 1.165) is 12.8 Å². The summed E-state index contributed by atoms with van der Waals surface area (Å²) in [5.74, 6) is -0.0676. The predicted octanol–water partition coefficient (Wildman–Crippen LogP) is 2.70. The molecule has 1 saturated heterocycles. The Morgan fingerprint density at radius 2 is 2.20 bits per heavy atom. The van der Waals surface area contributed by atoms with Crippen LogP contribution < -0.4 is 14.8 Å². The summed E-state index contributed by atoms with van der Waals surface area (Å²) >= 11 is 0. The summed E-state index contributed by atoms with van der Waals surface area (Å²) in [5.41, 5.74) is 0.163. The third-order valence-corrected chi connectivity index (χ3v) is 3.86. The number of nitrogens with zero attached hydrogens (tertiary/aromatic N) is 3. The van der Waals surface area contributed by atoms with E-state index in [4.69, 9.17) is 9.47 Å². The number of para-hydroxylation sites is 1. The van der Waals surface area contributed by atoms with E-state index in [1.165, 1.54) is 19.2 Å². The van der Waals surface area contributed by atoms with Crippen molar-refractivity contribution in [3.05, 3.63) is 42.3 Å². The molecule has 2 heterocycles. The maximum Gasteiger partial charge on any atom is 0.322 e. The first-order valence-corrected chi connectivity index (χ1v) is 8.00. The Balaban J connectivity index is 1.60. The molecule has 132 valence electrons. The van der Waals surface area contributed by atoms with Gasteiger partial charge in [0.25, 0.3) is 0 Å². The first kappa shape index (κ1) is 16.9. The quantitative estimate of drug-likeness (QED) is 0.921. The normalized spacial score (nSPS) is 17.0. The molecular formula is C17H19FN4O3. The predicted molar refractivity (Wildman–Crippen MR) is 89.2 cm³/mol. The third kappa shape index (κ3) is 4.34. The number of aromatic nitrogens is 2. The lowest BCUT2D eigenvalue weighted by molar-refractivity contribution is 0.102. The van der Waals surface area contributed by atoms with Gasteiger partial charge in [0.15, 0.2) is 0 Å². The summed E-state index contributed by atoms with van der Waals surface area (Å²) in [6.07, 6.45) is 2.94. The minimum absolute atomic E-state index is 0.163. The summed E-state index contributed by atoms with van der Waals surface area (Å²) in [7, 11) is 1.48. The number of benzene rings is 1. The molecule has 0 saturated carbocycles. The van der Waals surface area contributed by atoms with Crippen molar-refractivity contribution in [3.8, 4) is 11.9 Å². The largest absolute Gasteiger partial charge is 0.472 e. The van der Waals surface area contributed by atoms with Crippen LogP contribution in [0.25, 0.3) is 0 Å². The molecule has 8 heteroatoms. The first-order chi connectivity index (χ1) is 12.2. The standard InChI is InChI=1S/C17H19FN4O3/c1-24-16-19-9-8-15(21-16)25-12-5-4-10-22(11-12)17(23)20-14-7-3-2-6-13(14)18/h2-3,6-9,12H,4-5,10-11H2,1H3,(H,20,23). The van der Waals surface area contributed by atoms with Crippen molar-refractivity contribution in [1.82, 2.24) is 14.9 Å². The molecule has 1 unspecified atom stereocenters. The molecule has 0 bridgehead atoms. The van der Waals surface area contributed by atoms with Gasteiger partial charge < -0.3 is 19.7 Å². The molecule has 2 amide bonds. The minimum atomic E-state index is -0.464. The highest BCUT2D eigenvalue weighted by Crippen LogP contribution is 2.19. The van der Waals surface area contributed by atoms with Gasteiger partial charge in [0.2, 0.25) is 5.88 Å². The number of carbonyl (C=O) groups excluding carboxylic acids is 1. The van der Waals surface area contributed by atoms with Crippen LogP contribution in [-0.4, -0.2) is 47.2 Å². The number of rotatable bonds is 4. The van der Waals surface area contributed by atoms with Gasteiger partial charge in [0, 0.05) is 18.8 Å². The Bertz CT molecular complexity index is 743. The highest BCUT2D eigenvalue weighted by Gasteiger charge is 2.25. The molecule has 1 aliphatic heterocycles. The van der Waals surface area contributed by atoms with Crippen molar-refractivity contribution >= 4 is 11.7 Å². The molecule has 1 aliphatic rings. The summed E-state index contributed by atoms with van der Waals surface area (Å²) in [5, 5.41) is 2.59. The van der Waals surface area contributed by atoms with Crippen LogP contribution in [0.4, 0.5) is 14.9 Å². The van der Waals surface area contributed by atoms with Gasteiger partial charge in [0.05, 0.1) is 19.3 Å². The number of methoxy groups -OCH3 is 1. The zero-order valence-electron chi connectivity index (χ0n) is 13.8. The number of hydrogen-bond donors (Lipinski definition) is 1. The van der Waals surface area contributed by atoms with Crippen molar-refractivity contribution in [2.24, 2.45) is 0 Å². The highest BCUT2D eigenvalue weighted by atomic mass is 19.1. The Hall–Kier alpha value is -2.90. The summed E-state index contributed by atoms with van der Waals surface area (Å²) < 4.78 is 24.5. The van der Waals surface area contributed by atoms with Crippen LogP contribution in [0.2, 0.25) is 0 Å². The summed E-state index contributed by atoms with van der Waals surface area (Å²) in [4.78, 5) is 22.0. The second-order valence-electron chi connectivity index (χ2n) is 5.62.